The minimum Gasteiger partial charge on any atom is -0.504 e. The minimum absolute atomic E-state index is 0.124. The number of aromatic nitrogens is 1. The highest BCUT2D eigenvalue weighted by Crippen LogP contribution is 2.26. The molecule has 24 heavy (non-hydrogen) atoms. The molecule has 0 amide bonds. The molecule has 1 aromatic carbocycles. The molecule has 0 unspecified atom stereocenters. The van der Waals surface area contributed by atoms with Crippen molar-refractivity contribution < 1.29 is 9.84 Å². The smallest absolute Gasteiger partial charge is 0.191 e. The summed E-state index contributed by atoms with van der Waals surface area (Å²) in [4.78, 5) is 10.2. The zero-order valence-electron chi connectivity index (χ0n) is 14.5. The lowest BCUT2D eigenvalue weighted by Crippen LogP contribution is -2.36. The number of aliphatic imine (C=N–C) groups is 1. The lowest BCUT2D eigenvalue weighted by atomic mass is 10.2. The van der Waals surface area contributed by atoms with Crippen molar-refractivity contribution in [3.63, 3.8) is 0 Å². The number of ether oxygens (including phenoxy) is 1. The molecule has 1 aromatic heterocycles. The van der Waals surface area contributed by atoms with Gasteiger partial charge in [-0.05, 0) is 38.5 Å². The predicted molar refractivity (Wildman–Crippen MR) is 97.9 cm³/mol. The molecule has 130 valence electrons. The third-order valence-electron chi connectivity index (χ3n) is 3.42. The normalized spacial score (nSPS) is 11.4. The van der Waals surface area contributed by atoms with Crippen molar-refractivity contribution in [2.75, 3.05) is 13.7 Å². The van der Waals surface area contributed by atoms with Crippen LogP contribution in [0.2, 0.25) is 0 Å². The quantitative estimate of drug-likeness (QED) is 0.553. The fourth-order valence-electron chi connectivity index (χ4n) is 2.25. The molecular formula is C17H24N4O2S. The Morgan fingerprint density at radius 1 is 1.33 bits per heavy atom. The maximum absolute atomic E-state index is 9.83. The van der Waals surface area contributed by atoms with Gasteiger partial charge >= 0.3 is 0 Å². The van der Waals surface area contributed by atoms with E-state index < -0.39 is 0 Å². The van der Waals surface area contributed by atoms with Crippen LogP contribution in [0.25, 0.3) is 0 Å². The van der Waals surface area contributed by atoms with Gasteiger partial charge in [0.25, 0.3) is 0 Å². The van der Waals surface area contributed by atoms with Crippen molar-refractivity contribution in [1.82, 2.24) is 15.6 Å². The Morgan fingerprint density at radius 2 is 2.12 bits per heavy atom. The maximum atomic E-state index is 9.83. The van der Waals surface area contributed by atoms with E-state index in [9.17, 15) is 5.11 Å². The number of rotatable bonds is 6. The summed E-state index contributed by atoms with van der Waals surface area (Å²) in [5.41, 5.74) is 1.97. The number of phenols is 1. The van der Waals surface area contributed by atoms with Gasteiger partial charge in [0, 0.05) is 11.4 Å². The second-order valence-corrected chi connectivity index (χ2v) is 6.58. The van der Waals surface area contributed by atoms with Crippen molar-refractivity contribution in [2.24, 2.45) is 4.99 Å². The average Bonchev–Trinajstić information content (AvgIpc) is 2.88. The van der Waals surface area contributed by atoms with E-state index in [0.717, 1.165) is 28.8 Å². The summed E-state index contributed by atoms with van der Waals surface area (Å²) in [5, 5.41) is 17.4. The molecule has 0 radical (unpaired) electrons. The molecule has 6 nitrogen and oxygen atoms in total. The first-order valence-corrected chi connectivity index (χ1v) is 8.66. The topological polar surface area (TPSA) is 78.8 Å². The summed E-state index contributed by atoms with van der Waals surface area (Å²) in [6.07, 6.45) is 0. The van der Waals surface area contributed by atoms with Gasteiger partial charge in [0.05, 0.1) is 30.9 Å². The molecule has 0 saturated heterocycles. The zero-order valence-corrected chi connectivity index (χ0v) is 15.3. The number of aryl methyl sites for hydroxylation is 2. The fourth-order valence-corrected chi connectivity index (χ4v) is 3.12. The van der Waals surface area contributed by atoms with Gasteiger partial charge in [0.2, 0.25) is 0 Å². The summed E-state index contributed by atoms with van der Waals surface area (Å²) in [6, 6.07) is 5.30. The summed E-state index contributed by atoms with van der Waals surface area (Å²) in [6.45, 7) is 7.99. The largest absolute Gasteiger partial charge is 0.504 e. The number of hydrogen-bond donors (Lipinski definition) is 3. The molecule has 7 heteroatoms. The number of phenolic OH excluding ortho intramolecular Hbond substituents is 1. The molecule has 1 heterocycles. The molecular weight excluding hydrogens is 324 g/mol. The van der Waals surface area contributed by atoms with Crippen LogP contribution >= 0.6 is 11.3 Å². The Bertz CT molecular complexity index is 713. The molecule has 2 aromatic rings. The Morgan fingerprint density at radius 3 is 2.71 bits per heavy atom. The molecule has 0 atom stereocenters. The lowest BCUT2D eigenvalue weighted by molar-refractivity contribution is 0.373. The van der Waals surface area contributed by atoms with Gasteiger partial charge in [-0.1, -0.05) is 6.07 Å². The third-order valence-corrected chi connectivity index (χ3v) is 4.50. The number of guanidine groups is 1. The number of aromatic hydroxyl groups is 1. The second-order valence-electron chi connectivity index (χ2n) is 5.30. The Hall–Kier alpha value is -2.28. The monoisotopic (exact) mass is 348 g/mol. The van der Waals surface area contributed by atoms with Crippen molar-refractivity contribution in [1.29, 1.82) is 0 Å². The predicted octanol–water partition coefficient (Wildman–Crippen LogP) is 2.73. The second kappa shape index (κ2) is 8.54. The van der Waals surface area contributed by atoms with Gasteiger partial charge in [0.15, 0.2) is 17.5 Å². The molecule has 0 spiro atoms. The highest BCUT2D eigenvalue weighted by Gasteiger charge is 2.06. The van der Waals surface area contributed by atoms with E-state index in [0.29, 0.717) is 18.8 Å². The summed E-state index contributed by atoms with van der Waals surface area (Å²) >= 11 is 1.69. The number of benzene rings is 1. The van der Waals surface area contributed by atoms with Crippen LogP contribution in [0.15, 0.2) is 23.2 Å². The van der Waals surface area contributed by atoms with E-state index in [-0.39, 0.29) is 5.75 Å². The number of thiazole rings is 1. The summed E-state index contributed by atoms with van der Waals surface area (Å²) in [5.74, 6) is 1.32. The highest BCUT2D eigenvalue weighted by molar-refractivity contribution is 7.11. The zero-order chi connectivity index (χ0) is 17.5. The Balaban J connectivity index is 2.02. The molecule has 2 rings (SSSR count). The first-order valence-electron chi connectivity index (χ1n) is 7.84. The molecule has 0 fully saturated rings. The van der Waals surface area contributed by atoms with Crippen LogP contribution < -0.4 is 15.4 Å². The highest BCUT2D eigenvalue weighted by atomic mass is 32.1. The van der Waals surface area contributed by atoms with Crippen LogP contribution in [0.5, 0.6) is 11.5 Å². The van der Waals surface area contributed by atoms with E-state index in [2.05, 4.69) is 20.6 Å². The van der Waals surface area contributed by atoms with Gasteiger partial charge < -0.3 is 20.5 Å². The standard InChI is InChI=1S/C17H24N4O2S/c1-5-18-17(20-10-16-11(2)21-12(3)24-16)19-9-13-6-7-15(23-4)14(22)8-13/h6-8,22H,5,9-10H2,1-4H3,(H2,18,19,20). The van der Waals surface area contributed by atoms with Gasteiger partial charge in [0.1, 0.15) is 0 Å². The Labute approximate surface area is 146 Å². The Kier molecular flexibility index (Phi) is 6.43. The van der Waals surface area contributed by atoms with Crippen LogP contribution in [-0.2, 0) is 13.1 Å². The van der Waals surface area contributed by atoms with Gasteiger partial charge in [-0.15, -0.1) is 11.3 Å². The van der Waals surface area contributed by atoms with Crippen LogP contribution in [0.4, 0.5) is 0 Å². The number of nitrogens with zero attached hydrogens (tertiary/aromatic N) is 2. The molecule has 0 saturated carbocycles. The summed E-state index contributed by atoms with van der Waals surface area (Å²) < 4.78 is 5.05. The SMILES string of the molecule is CCNC(=NCc1ccc(OC)c(O)c1)NCc1sc(C)nc1C. The average molecular weight is 348 g/mol. The lowest BCUT2D eigenvalue weighted by Gasteiger charge is -2.11. The van der Waals surface area contributed by atoms with Crippen LogP contribution in [0.1, 0.15) is 28.1 Å². The van der Waals surface area contributed by atoms with Crippen LogP contribution in [-0.4, -0.2) is 29.7 Å². The first-order chi connectivity index (χ1) is 11.5. The number of nitrogens with one attached hydrogen (secondary N) is 2. The van der Waals surface area contributed by atoms with E-state index in [4.69, 9.17) is 4.74 Å². The molecule has 0 aliphatic rings. The summed E-state index contributed by atoms with van der Waals surface area (Å²) in [7, 11) is 1.53. The maximum Gasteiger partial charge on any atom is 0.191 e. The van der Waals surface area contributed by atoms with Crippen molar-refractivity contribution in [3.05, 3.63) is 39.3 Å². The third kappa shape index (κ3) is 4.86. The van der Waals surface area contributed by atoms with E-state index in [1.807, 2.05) is 26.8 Å². The van der Waals surface area contributed by atoms with Crippen molar-refractivity contribution in [2.45, 2.75) is 33.9 Å². The van der Waals surface area contributed by atoms with E-state index in [1.54, 1.807) is 23.5 Å². The number of methoxy groups -OCH3 is 1. The van der Waals surface area contributed by atoms with Gasteiger partial charge in [-0.2, -0.15) is 0 Å². The number of hydrogen-bond acceptors (Lipinski definition) is 5. The van der Waals surface area contributed by atoms with Crippen LogP contribution in [0, 0.1) is 13.8 Å². The van der Waals surface area contributed by atoms with E-state index >= 15 is 0 Å². The molecule has 3 N–H and O–H groups in total. The minimum atomic E-state index is 0.124. The molecule has 0 bridgehead atoms. The van der Waals surface area contributed by atoms with E-state index in [1.165, 1.54) is 12.0 Å². The molecule has 0 aliphatic carbocycles. The van der Waals surface area contributed by atoms with Gasteiger partial charge in [-0.25, -0.2) is 9.98 Å². The fraction of sp³-hybridized carbons (Fsp3) is 0.412. The van der Waals surface area contributed by atoms with Gasteiger partial charge in [-0.3, -0.25) is 0 Å². The first kappa shape index (κ1) is 18.1. The van der Waals surface area contributed by atoms with Crippen molar-refractivity contribution in [3.8, 4) is 11.5 Å². The van der Waals surface area contributed by atoms with Crippen molar-refractivity contribution >= 4 is 17.3 Å². The molecule has 0 aliphatic heterocycles. The van der Waals surface area contributed by atoms with Crippen LogP contribution in [0.3, 0.4) is 0 Å².